The summed E-state index contributed by atoms with van der Waals surface area (Å²) in [6, 6.07) is 7.37. The molecule has 0 aliphatic heterocycles. The summed E-state index contributed by atoms with van der Waals surface area (Å²) in [6.45, 7) is 0. The number of hydrogen-bond acceptors (Lipinski definition) is 4. The summed E-state index contributed by atoms with van der Waals surface area (Å²) in [7, 11) is -1.11. The molecule has 2 aromatic rings. The fraction of sp³-hybridized carbons (Fsp3) is 0.294. The van der Waals surface area contributed by atoms with E-state index in [1.807, 2.05) is 6.07 Å². The highest BCUT2D eigenvalue weighted by Crippen LogP contribution is 2.33. The molecule has 3 rings (SSSR count). The molecule has 0 spiro atoms. The molecular formula is C17H18FNO4S. The molecule has 1 aliphatic carbocycles. The minimum atomic E-state index is -3.89. The number of nitrogens with one attached hydrogen (secondary N) is 1. The van der Waals surface area contributed by atoms with Gasteiger partial charge in [-0.25, -0.2) is 12.8 Å². The van der Waals surface area contributed by atoms with E-state index >= 15 is 0 Å². The molecule has 1 aliphatic rings. The van der Waals surface area contributed by atoms with Crippen molar-refractivity contribution in [2.75, 3.05) is 18.9 Å². The first-order valence-corrected chi connectivity index (χ1v) is 8.99. The second kappa shape index (κ2) is 6.32. The molecule has 2 aromatic carbocycles. The number of rotatable bonds is 5. The van der Waals surface area contributed by atoms with Crippen LogP contribution in [0.15, 0.2) is 35.2 Å². The van der Waals surface area contributed by atoms with Crippen LogP contribution in [0.4, 0.5) is 10.1 Å². The number of ether oxygens (including phenoxy) is 2. The predicted molar refractivity (Wildman–Crippen MR) is 88.8 cm³/mol. The molecule has 5 nitrogen and oxygen atoms in total. The normalized spacial score (nSPS) is 13.5. The summed E-state index contributed by atoms with van der Waals surface area (Å²) in [4.78, 5) is 0.123. The van der Waals surface area contributed by atoms with Crippen LogP contribution in [-0.4, -0.2) is 22.6 Å². The second-order valence-electron chi connectivity index (χ2n) is 5.58. The Labute approximate surface area is 140 Å². The summed E-state index contributed by atoms with van der Waals surface area (Å²) < 4.78 is 51.6. The number of benzene rings is 2. The third kappa shape index (κ3) is 3.03. The number of hydrogen-bond donors (Lipinski definition) is 1. The fourth-order valence-electron chi connectivity index (χ4n) is 2.85. The molecule has 0 saturated carbocycles. The van der Waals surface area contributed by atoms with Gasteiger partial charge in [-0.2, -0.15) is 0 Å². The zero-order valence-corrected chi connectivity index (χ0v) is 14.2. The Morgan fingerprint density at radius 2 is 1.67 bits per heavy atom. The van der Waals surface area contributed by atoms with E-state index in [1.54, 1.807) is 12.1 Å². The molecule has 24 heavy (non-hydrogen) atoms. The number of aryl methyl sites for hydroxylation is 2. The average molecular weight is 351 g/mol. The number of methoxy groups -OCH3 is 2. The molecule has 0 fully saturated rings. The van der Waals surface area contributed by atoms with E-state index in [4.69, 9.17) is 9.47 Å². The van der Waals surface area contributed by atoms with Crippen molar-refractivity contribution >= 4 is 15.7 Å². The van der Waals surface area contributed by atoms with Crippen LogP contribution in [0.1, 0.15) is 17.5 Å². The van der Waals surface area contributed by atoms with Crippen molar-refractivity contribution in [1.82, 2.24) is 0 Å². The highest BCUT2D eigenvalue weighted by atomic mass is 32.2. The number of fused-ring (bicyclic) bond motifs is 1. The van der Waals surface area contributed by atoms with Gasteiger partial charge in [0.15, 0.2) is 17.3 Å². The first kappa shape index (κ1) is 16.6. The first-order chi connectivity index (χ1) is 11.4. The van der Waals surface area contributed by atoms with Crippen LogP contribution in [0.2, 0.25) is 0 Å². The van der Waals surface area contributed by atoms with Gasteiger partial charge < -0.3 is 9.47 Å². The zero-order chi connectivity index (χ0) is 17.3. The third-order valence-corrected chi connectivity index (χ3v) is 5.46. The van der Waals surface area contributed by atoms with Gasteiger partial charge in [-0.15, -0.1) is 0 Å². The van der Waals surface area contributed by atoms with Gasteiger partial charge in [0.2, 0.25) is 0 Å². The Kier molecular flexibility index (Phi) is 4.36. The van der Waals surface area contributed by atoms with Crippen LogP contribution < -0.4 is 14.2 Å². The SMILES string of the molecule is COc1cc(F)c(NS(=O)(=O)c2ccc3c(c2)CCC3)cc1OC. The standard InChI is InChI=1S/C17H18FNO4S/c1-22-16-9-14(18)15(10-17(16)23-2)19-24(20,21)13-7-6-11-4-3-5-12(11)8-13/h6-10,19H,3-5H2,1-2H3. The highest BCUT2D eigenvalue weighted by molar-refractivity contribution is 7.92. The molecule has 0 heterocycles. The highest BCUT2D eigenvalue weighted by Gasteiger charge is 2.21. The molecule has 1 N–H and O–H groups in total. The summed E-state index contributed by atoms with van der Waals surface area (Å²) in [6.07, 6.45) is 2.85. The van der Waals surface area contributed by atoms with Gasteiger partial charge in [0.05, 0.1) is 24.8 Å². The van der Waals surface area contributed by atoms with Crippen molar-refractivity contribution in [3.63, 3.8) is 0 Å². The van der Waals surface area contributed by atoms with E-state index in [0.717, 1.165) is 30.9 Å². The Bertz CT molecular complexity index is 880. The summed E-state index contributed by atoms with van der Waals surface area (Å²) in [5.41, 5.74) is 2.02. The lowest BCUT2D eigenvalue weighted by Crippen LogP contribution is -2.14. The Morgan fingerprint density at radius 3 is 2.38 bits per heavy atom. The fourth-order valence-corrected chi connectivity index (χ4v) is 3.96. The molecule has 0 aromatic heterocycles. The van der Waals surface area contributed by atoms with E-state index in [0.29, 0.717) is 0 Å². The average Bonchev–Trinajstić information content (AvgIpc) is 3.03. The minimum absolute atomic E-state index is 0.123. The molecule has 0 atom stereocenters. The van der Waals surface area contributed by atoms with Gasteiger partial charge in [-0.05, 0) is 42.5 Å². The van der Waals surface area contributed by atoms with Gasteiger partial charge in [0.25, 0.3) is 10.0 Å². The van der Waals surface area contributed by atoms with Crippen LogP contribution in [0.5, 0.6) is 11.5 Å². The minimum Gasteiger partial charge on any atom is -0.493 e. The smallest absolute Gasteiger partial charge is 0.261 e. The maximum Gasteiger partial charge on any atom is 0.261 e. The monoisotopic (exact) mass is 351 g/mol. The molecule has 0 unspecified atom stereocenters. The van der Waals surface area contributed by atoms with Crippen LogP contribution in [0.3, 0.4) is 0 Å². The van der Waals surface area contributed by atoms with Crippen LogP contribution in [0.25, 0.3) is 0 Å². The third-order valence-electron chi connectivity index (χ3n) is 4.10. The molecule has 0 amide bonds. The van der Waals surface area contributed by atoms with Gasteiger partial charge in [-0.3, -0.25) is 4.72 Å². The molecule has 0 bridgehead atoms. The second-order valence-corrected chi connectivity index (χ2v) is 7.26. The molecular weight excluding hydrogens is 333 g/mol. The lowest BCUT2D eigenvalue weighted by Gasteiger charge is -2.13. The predicted octanol–water partition coefficient (Wildman–Crippen LogP) is 3.13. The molecule has 128 valence electrons. The summed E-state index contributed by atoms with van der Waals surface area (Å²) >= 11 is 0. The van der Waals surface area contributed by atoms with E-state index in [1.165, 1.54) is 25.8 Å². The van der Waals surface area contributed by atoms with Crippen molar-refractivity contribution in [2.24, 2.45) is 0 Å². The van der Waals surface area contributed by atoms with Crippen molar-refractivity contribution in [3.05, 3.63) is 47.3 Å². The lowest BCUT2D eigenvalue weighted by molar-refractivity contribution is 0.353. The quantitative estimate of drug-likeness (QED) is 0.899. The lowest BCUT2D eigenvalue weighted by atomic mass is 10.1. The molecule has 0 radical (unpaired) electrons. The van der Waals surface area contributed by atoms with Crippen LogP contribution >= 0.6 is 0 Å². The topological polar surface area (TPSA) is 64.6 Å². The van der Waals surface area contributed by atoms with Crippen molar-refractivity contribution in [1.29, 1.82) is 0 Å². The van der Waals surface area contributed by atoms with E-state index < -0.39 is 15.8 Å². The first-order valence-electron chi connectivity index (χ1n) is 7.51. The largest absolute Gasteiger partial charge is 0.493 e. The Balaban J connectivity index is 1.95. The number of halogens is 1. The van der Waals surface area contributed by atoms with Crippen LogP contribution in [0, 0.1) is 5.82 Å². The summed E-state index contributed by atoms with van der Waals surface area (Å²) in [5.74, 6) is -0.307. The van der Waals surface area contributed by atoms with Gasteiger partial charge >= 0.3 is 0 Å². The molecule has 0 saturated heterocycles. The van der Waals surface area contributed by atoms with Crippen molar-refractivity contribution < 1.29 is 22.3 Å². The van der Waals surface area contributed by atoms with E-state index in [-0.39, 0.29) is 22.1 Å². The van der Waals surface area contributed by atoms with E-state index in [2.05, 4.69) is 4.72 Å². The number of sulfonamides is 1. The van der Waals surface area contributed by atoms with Gasteiger partial charge in [0, 0.05) is 12.1 Å². The van der Waals surface area contributed by atoms with E-state index in [9.17, 15) is 12.8 Å². The van der Waals surface area contributed by atoms with Gasteiger partial charge in [-0.1, -0.05) is 6.07 Å². The van der Waals surface area contributed by atoms with Gasteiger partial charge in [0.1, 0.15) is 0 Å². The van der Waals surface area contributed by atoms with Crippen molar-refractivity contribution in [2.45, 2.75) is 24.2 Å². The maximum absolute atomic E-state index is 14.2. The summed E-state index contributed by atoms with van der Waals surface area (Å²) in [5, 5.41) is 0. The maximum atomic E-state index is 14.2. The Hall–Kier alpha value is -2.28. The molecule has 7 heteroatoms. The zero-order valence-electron chi connectivity index (χ0n) is 13.4. The Morgan fingerprint density at radius 1 is 1.00 bits per heavy atom. The number of anilines is 1. The van der Waals surface area contributed by atoms with Crippen LogP contribution in [-0.2, 0) is 22.9 Å². The van der Waals surface area contributed by atoms with Crippen molar-refractivity contribution in [3.8, 4) is 11.5 Å².